The van der Waals surface area contributed by atoms with E-state index in [4.69, 9.17) is 37.9 Å². The van der Waals surface area contributed by atoms with Crippen molar-refractivity contribution in [2.75, 3.05) is 49.8 Å². The number of hydrogen-bond acceptors (Lipinski definition) is 14. The maximum Gasteiger partial charge on any atom is 0.340 e. The fourth-order valence-electron chi connectivity index (χ4n) is 4.67. The zero-order valence-electron chi connectivity index (χ0n) is 20.3. The van der Waals surface area contributed by atoms with Gasteiger partial charge in [-0.1, -0.05) is 0 Å². The van der Waals surface area contributed by atoms with E-state index in [2.05, 4.69) is 0 Å². The first-order valence-corrected chi connectivity index (χ1v) is 10.0. The van der Waals surface area contributed by atoms with Crippen molar-refractivity contribution in [3.05, 3.63) is 33.4 Å². The lowest BCUT2D eigenvalue weighted by Gasteiger charge is -2.30. The van der Waals surface area contributed by atoms with E-state index >= 15 is 0 Å². The zero-order valence-corrected chi connectivity index (χ0v) is 20.3. The Hall–Kier alpha value is -4.04. The number of ether oxygens (including phenoxy) is 8. The minimum absolute atomic E-state index is 0.447. The van der Waals surface area contributed by atoms with Crippen molar-refractivity contribution in [2.24, 2.45) is 5.41 Å². The van der Waals surface area contributed by atoms with Gasteiger partial charge in [0.25, 0.3) is 0 Å². The lowest BCUT2D eigenvalue weighted by molar-refractivity contribution is -0.171. The Bertz CT molecular complexity index is 1160. The minimum Gasteiger partial charge on any atom is -0.468 e. The molecule has 0 aromatic carbocycles. The lowest BCUT2D eigenvalue weighted by atomic mass is 9.73. The van der Waals surface area contributed by atoms with E-state index in [1.807, 2.05) is 0 Å². The van der Waals surface area contributed by atoms with Crippen molar-refractivity contribution in [2.45, 2.75) is 11.9 Å². The molecule has 14 heteroatoms. The van der Waals surface area contributed by atoms with Crippen molar-refractivity contribution in [1.29, 1.82) is 0 Å². The zero-order chi connectivity index (χ0) is 27.2. The highest BCUT2D eigenvalue weighted by Gasteiger charge is 2.78. The molecule has 2 heterocycles. The van der Waals surface area contributed by atoms with Crippen molar-refractivity contribution >= 4 is 35.8 Å². The Morgan fingerprint density at radius 3 is 1.39 bits per heavy atom. The fraction of sp³-hybridized carbons (Fsp3) is 0.455. The number of carbonyl (C=O) groups excluding carboxylic acids is 6. The Morgan fingerprint density at radius 2 is 1.00 bits per heavy atom. The van der Waals surface area contributed by atoms with Crippen LogP contribution >= 0.6 is 0 Å². The van der Waals surface area contributed by atoms with Crippen LogP contribution in [0.4, 0.5) is 0 Å². The number of methoxy groups -OCH3 is 7. The van der Waals surface area contributed by atoms with Gasteiger partial charge in [0.2, 0.25) is 5.79 Å². The first-order valence-electron chi connectivity index (χ1n) is 10.0. The highest BCUT2D eigenvalue weighted by atomic mass is 16.7. The smallest absolute Gasteiger partial charge is 0.340 e. The molecule has 0 saturated heterocycles. The van der Waals surface area contributed by atoms with E-state index in [0.29, 0.717) is 0 Å². The maximum absolute atomic E-state index is 13.3. The summed E-state index contributed by atoms with van der Waals surface area (Å²) >= 11 is 0. The molecule has 3 rings (SSSR count). The molecular formula is C22H22O14. The summed E-state index contributed by atoms with van der Waals surface area (Å²) < 4.78 is 40.1. The average Bonchev–Trinajstić information content (AvgIpc) is 3.32. The molecule has 2 unspecified atom stereocenters. The molecule has 0 amide bonds. The highest BCUT2D eigenvalue weighted by Crippen LogP contribution is 2.67. The molecule has 0 saturated carbocycles. The summed E-state index contributed by atoms with van der Waals surface area (Å²) in [6.07, 6.45) is -1.73. The summed E-state index contributed by atoms with van der Waals surface area (Å²) in [5, 5.41) is 0. The molecule has 14 nitrogen and oxygen atoms in total. The van der Waals surface area contributed by atoms with E-state index in [1.54, 1.807) is 0 Å². The third-order valence-corrected chi connectivity index (χ3v) is 6.09. The Morgan fingerprint density at radius 1 is 0.583 bits per heavy atom. The minimum atomic E-state index is -2.45. The second kappa shape index (κ2) is 9.20. The summed E-state index contributed by atoms with van der Waals surface area (Å²) in [4.78, 5) is 77.5. The van der Waals surface area contributed by atoms with Crippen molar-refractivity contribution < 1.29 is 66.7 Å². The third-order valence-electron chi connectivity index (χ3n) is 6.09. The molecule has 0 aromatic heterocycles. The van der Waals surface area contributed by atoms with Crippen molar-refractivity contribution in [3.8, 4) is 0 Å². The molecule has 0 spiro atoms. The van der Waals surface area contributed by atoms with Crippen LogP contribution in [0, 0.1) is 5.41 Å². The summed E-state index contributed by atoms with van der Waals surface area (Å²) in [5.74, 6) is -9.35. The molecule has 0 radical (unpaired) electrons. The second-order valence-corrected chi connectivity index (χ2v) is 7.35. The molecule has 3 aliphatic rings. The monoisotopic (exact) mass is 510 g/mol. The Balaban J connectivity index is 2.49. The van der Waals surface area contributed by atoms with Crippen LogP contribution in [0.3, 0.4) is 0 Å². The summed E-state index contributed by atoms with van der Waals surface area (Å²) in [6.45, 7) is 0. The SMILES string of the molecule is COC(=O)C1=C(C(=O)OC)C2(OC)OC1C(C1(C(=O)OC)C(C(=O)OC)=C1C(=O)OC)=C2C(=O)OC. The van der Waals surface area contributed by atoms with Gasteiger partial charge in [-0.3, -0.25) is 4.79 Å². The van der Waals surface area contributed by atoms with Gasteiger partial charge in [-0.15, -0.1) is 0 Å². The molecule has 0 fully saturated rings. The van der Waals surface area contributed by atoms with Gasteiger partial charge >= 0.3 is 35.8 Å². The standard InChI is InChI=1S/C22H22O14/c1-29-15(23)8-9(16(24)30-2)22(35-7)13(19(27)33-5)10(14(8)36-22)21(20(28)34-6)11(17(25)31-3)12(21)18(26)32-4/h14H,1-7H3. The number of esters is 6. The normalized spacial score (nSPS) is 23.2. The summed E-state index contributed by atoms with van der Waals surface area (Å²) in [5.41, 5.74) is -5.60. The van der Waals surface area contributed by atoms with Crippen LogP contribution in [0.25, 0.3) is 0 Å². The largest absolute Gasteiger partial charge is 0.468 e. The third kappa shape index (κ3) is 3.10. The lowest BCUT2D eigenvalue weighted by Crippen LogP contribution is -2.43. The highest BCUT2D eigenvalue weighted by molar-refractivity contribution is 6.24. The second-order valence-electron chi connectivity index (χ2n) is 7.35. The first kappa shape index (κ1) is 26.6. The van der Waals surface area contributed by atoms with E-state index < -0.39 is 86.6 Å². The van der Waals surface area contributed by atoms with Gasteiger partial charge in [0, 0.05) is 12.7 Å². The fourth-order valence-corrected chi connectivity index (χ4v) is 4.67. The van der Waals surface area contributed by atoms with E-state index in [1.165, 1.54) is 0 Å². The van der Waals surface area contributed by atoms with E-state index in [9.17, 15) is 28.8 Å². The molecule has 2 bridgehead atoms. The Labute approximate surface area is 203 Å². The van der Waals surface area contributed by atoms with Crippen LogP contribution in [0.15, 0.2) is 33.4 Å². The number of fused-ring (bicyclic) bond motifs is 2. The number of hydrogen-bond donors (Lipinski definition) is 0. The maximum atomic E-state index is 13.3. The predicted molar refractivity (Wildman–Crippen MR) is 110 cm³/mol. The van der Waals surface area contributed by atoms with Crippen LogP contribution in [-0.4, -0.2) is 97.5 Å². The quantitative estimate of drug-likeness (QED) is 0.277. The molecule has 2 aliphatic heterocycles. The van der Waals surface area contributed by atoms with Gasteiger partial charge in [0.1, 0.15) is 17.3 Å². The topological polar surface area (TPSA) is 176 Å². The van der Waals surface area contributed by atoms with Gasteiger partial charge in [-0.05, 0) is 0 Å². The average molecular weight is 510 g/mol. The van der Waals surface area contributed by atoms with Gasteiger partial charge in [0.05, 0.1) is 59.4 Å². The van der Waals surface area contributed by atoms with Gasteiger partial charge < -0.3 is 37.9 Å². The first-order chi connectivity index (χ1) is 17.0. The molecule has 1 aliphatic carbocycles. The summed E-state index contributed by atoms with van der Waals surface area (Å²) in [7, 11) is 6.98. The van der Waals surface area contributed by atoms with E-state index in [-0.39, 0.29) is 0 Å². The molecule has 194 valence electrons. The van der Waals surface area contributed by atoms with Crippen molar-refractivity contribution in [3.63, 3.8) is 0 Å². The molecule has 0 aromatic rings. The molecule has 36 heavy (non-hydrogen) atoms. The molecule has 0 N–H and O–H groups in total. The van der Waals surface area contributed by atoms with E-state index in [0.717, 1.165) is 49.8 Å². The Kier molecular flexibility index (Phi) is 6.79. The van der Waals surface area contributed by atoms with Crippen LogP contribution in [0.5, 0.6) is 0 Å². The van der Waals surface area contributed by atoms with Gasteiger partial charge in [0.15, 0.2) is 5.41 Å². The van der Waals surface area contributed by atoms with Crippen LogP contribution in [0.1, 0.15) is 0 Å². The number of rotatable bonds is 8. The predicted octanol–water partition coefficient (Wildman–Crippen LogP) is -1.33. The van der Waals surface area contributed by atoms with Crippen LogP contribution in [0.2, 0.25) is 0 Å². The van der Waals surface area contributed by atoms with Crippen molar-refractivity contribution in [1.82, 2.24) is 0 Å². The van der Waals surface area contributed by atoms with Gasteiger partial charge in [-0.2, -0.15) is 0 Å². The molecule has 2 atom stereocenters. The number of carbonyl (C=O) groups is 6. The van der Waals surface area contributed by atoms with Crippen LogP contribution < -0.4 is 0 Å². The van der Waals surface area contributed by atoms with Gasteiger partial charge in [-0.25, -0.2) is 24.0 Å². The van der Waals surface area contributed by atoms with Crippen LogP contribution in [-0.2, 0) is 66.7 Å². The summed E-state index contributed by atoms with van der Waals surface area (Å²) in [6, 6.07) is 0. The molecular weight excluding hydrogens is 488 g/mol.